The highest BCUT2D eigenvalue weighted by Gasteiger charge is 2.23. The molecule has 0 spiro atoms. The van der Waals surface area contributed by atoms with Crippen LogP contribution in [0, 0.1) is 5.92 Å². The molecule has 0 fully saturated rings. The molecule has 0 aromatic heterocycles. The number of hydrogen-bond acceptors (Lipinski definition) is 3. The number of halogens is 1. The third-order valence-corrected chi connectivity index (χ3v) is 5.82. The van der Waals surface area contributed by atoms with Gasteiger partial charge in [-0.25, -0.2) is 0 Å². The molecule has 2 rings (SSSR count). The van der Waals surface area contributed by atoms with Gasteiger partial charge in [0.05, 0.1) is 13.2 Å². The van der Waals surface area contributed by atoms with Crippen LogP contribution in [0.15, 0.2) is 48.5 Å². The molecule has 0 radical (unpaired) electrons. The van der Waals surface area contributed by atoms with Crippen molar-refractivity contribution >= 4 is 11.6 Å². The summed E-state index contributed by atoms with van der Waals surface area (Å²) < 4.78 is 17.2. The van der Waals surface area contributed by atoms with Gasteiger partial charge >= 0.3 is 0 Å². The highest BCUT2D eigenvalue weighted by molar-refractivity contribution is 6.18. The first-order chi connectivity index (χ1) is 14.5. The van der Waals surface area contributed by atoms with Crippen molar-refractivity contribution in [3.8, 4) is 11.5 Å². The van der Waals surface area contributed by atoms with E-state index in [2.05, 4.69) is 64.1 Å². The average Bonchev–Trinajstić information content (AvgIpc) is 2.77. The molecule has 0 heterocycles. The predicted octanol–water partition coefficient (Wildman–Crippen LogP) is 6.85. The molecule has 166 valence electrons. The van der Waals surface area contributed by atoms with Gasteiger partial charge in [0.15, 0.2) is 0 Å². The van der Waals surface area contributed by atoms with E-state index in [0.29, 0.717) is 25.0 Å². The van der Waals surface area contributed by atoms with E-state index in [4.69, 9.17) is 25.8 Å². The lowest BCUT2D eigenvalue weighted by Crippen LogP contribution is -2.18. The average molecular weight is 433 g/mol. The van der Waals surface area contributed by atoms with Crippen LogP contribution in [0.2, 0.25) is 0 Å². The van der Waals surface area contributed by atoms with Crippen LogP contribution < -0.4 is 9.47 Å². The van der Waals surface area contributed by atoms with Crippen molar-refractivity contribution in [3.05, 3.63) is 59.7 Å². The Hall–Kier alpha value is -1.71. The maximum absolute atomic E-state index is 5.85. The first-order valence-electron chi connectivity index (χ1n) is 11.1. The summed E-state index contributed by atoms with van der Waals surface area (Å²) in [5.74, 6) is 2.74. The van der Waals surface area contributed by atoms with Gasteiger partial charge in [-0.05, 0) is 41.8 Å². The summed E-state index contributed by atoms with van der Waals surface area (Å²) in [5, 5.41) is 0. The van der Waals surface area contributed by atoms with Crippen molar-refractivity contribution in [2.75, 3.05) is 32.3 Å². The van der Waals surface area contributed by atoms with Crippen LogP contribution in [0.5, 0.6) is 11.5 Å². The highest BCUT2D eigenvalue weighted by Crippen LogP contribution is 2.33. The summed E-state index contributed by atoms with van der Waals surface area (Å²) in [5.41, 5.74) is 2.40. The molecule has 0 bridgehead atoms. The van der Waals surface area contributed by atoms with E-state index in [-0.39, 0.29) is 5.41 Å². The van der Waals surface area contributed by atoms with Gasteiger partial charge in [0, 0.05) is 36.8 Å². The van der Waals surface area contributed by atoms with Crippen molar-refractivity contribution in [2.45, 2.75) is 52.4 Å². The Morgan fingerprint density at radius 1 is 0.800 bits per heavy atom. The largest absolute Gasteiger partial charge is 0.494 e. The van der Waals surface area contributed by atoms with Gasteiger partial charge < -0.3 is 14.2 Å². The molecule has 3 nitrogen and oxygen atoms in total. The molecule has 1 atom stereocenters. The third-order valence-electron chi connectivity index (χ3n) is 5.29. The molecule has 30 heavy (non-hydrogen) atoms. The Kier molecular flexibility index (Phi) is 10.5. The number of benzene rings is 2. The van der Waals surface area contributed by atoms with Gasteiger partial charge in [-0.15, -0.1) is 11.6 Å². The van der Waals surface area contributed by atoms with Crippen molar-refractivity contribution in [3.63, 3.8) is 0 Å². The Balaban J connectivity index is 1.86. The summed E-state index contributed by atoms with van der Waals surface area (Å²) in [6.07, 6.45) is 3.21. The first kappa shape index (κ1) is 24.6. The second-order valence-corrected chi connectivity index (χ2v) is 8.72. The maximum atomic E-state index is 5.85. The van der Waals surface area contributed by atoms with Gasteiger partial charge in [-0.2, -0.15) is 0 Å². The van der Waals surface area contributed by atoms with Crippen molar-refractivity contribution in [1.29, 1.82) is 0 Å². The van der Waals surface area contributed by atoms with Crippen LogP contribution in [-0.2, 0) is 10.2 Å². The Bertz CT molecular complexity index is 710. The van der Waals surface area contributed by atoms with Crippen molar-refractivity contribution < 1.29 is 14.2 Å². The van der Waals surface area contributed by atoms with Crippen LogP contribution >= 0.6 is 11.6 Å². The third kappa shape index (κ3) is 7.85. The second kappa shape index (κ2) is 12.9. The Labute approximate surface area is 187 Å². The first-order valence-corrected chi connectivity index (χ1v) is 11.6. The van der Waals surface area contributed by atoms with Crippen LogP contribution in [0.3, 0.4) is 0 Å². The van der Waals surface area contributed by atoms with Gasteiger partial charge in [0.2, 0.25) is 0 Å². The summed E-state index contributed by atoms with van der Waals surface area (Å²) in [4.78, 5) is 0. The molecule has 1 unspecified atom stereocenters. The Morgan fingerprint density at radius 2 is 1.33 bits per heavy atom. The smallest absolute Gasteiger partial charge is 0.119 e. The topological polar surface area (TPSA) is 27.7 Å². The molecular weight excluding hydrogens is 396 g/mol. The van der Waals surface area contributed by atoms with E-state index >= 15 is 0 Å². The minimum atomic E-state index is -0.104. The normalized spacial score (nSPS) is 12.6. The summed E-state index contributed by atoms with van der Waals surface area (Å²) in [6.45, 7) is 11.7. The lowest BCUT2D eigenvalue weighted by molar-refractivity contribution is 0.117. The lowest BCUT2D eigenvalue weighted by Gasteiger charge is -2.26. The number of hydrogen-bond donors (Lipinski definition) is 0. The number of ether oxygens (including phenoxy) is 3. The van der Waals surface area contributed by atoms with Crippen LogP contribution in [0.25, 0.3) is 0 Å². The molecule has 4 heteroatoms. The molecule has 0 saturated carbocycles. The predicted molar refractivity (Wildman–Crippen MR) is 126 cm³/mol. The van der Waals surface area contributed by atoms with E-state index in [1.165, 1.54) is 17.5 Å². The fourth-order valence-electron chi connectivity index (χ4n) is 3.08. The number of alkyl halides is 1. The lowest BCUT2D eigenvalue weighted by atomic mass is 9.78. The van der Waals surface area contributed by atoms with E-state index in [1.54, 1.807) is 0 Å². The number of unbranched alkanes of at least 4 members (excludes halogenated alkanes) is 1. The minimum absolute atomic E-state index is 0.104. The van der Waals surface area contributed by atoms with E-state index in [9.17, 15) is 0 Å². The zero-order valence-corrected chi connectivity index (χ0v) is 19.7. The van der Waals surface area contributed by atoms with E-state index in [0.717, 1.165) is 37.6 Å². The molecule has 0 aliphatic rings. The Morgan fingerprint density at radius 3 is 1.87 bits per heavy atom. The molecule has 0 aliphatic heterocycles. The van der Waals surface area contributed by atoms with Gasteiger partial charge in [-0.1, -0.05) is 58.4 Å². The second-order valence-electron chi connectivity index (χ2n) is 8.41. The van der Waals surface area contributed by atoms with Gasteiger partial charge in [0.1, 0.15) is 11.5 Å². The van der Waals surface area contributed by atoms with Gasteiger partial charge in [0.25, 0.3) is 0 Å². The molecule has 0 N–H and O–H groups in total. The zero-order chi connectivity index (χ0) is 21.8. The molecule has 0 saturated heterocycles. The van der Waals surface area contributed by atoms with Gasteiger partial charge in [-0.3, -0.25) is 0 Å². The molecule has 2 aromatic carbocycles. The maximum Gasteiger partial charge on any atom is 0.119 e. The SMILES string of the molecule is CCCCOCCCOc1ccc(C(C)(C)c2ccc(OCC(C)CCl)cc2)cc1. The fraction of sp³-hybridized carbons (Fsp3) is 0.538. The van der Waals surface area contributed by atoms with E-state index < -0.39 is 0 Å². The van der Waals surface area contributed by atoms with Crippen LogP contribution in [0.1, 0.15) is 58.1 Å². The standard InChI is InChI=1S/C26H37ClO3/c1-5-6-16-28-17-7-18-29-24-12-8-22(9-13-24)26(3,4)23-10-14-25(15-11-23)30-20-21(2)19-27/h8-15,21H,5-7,16-20H2,1-4H3. The minimum Gasteiger partial charge on any atom is -0.494 e. The van der Waals surface area contributed by atoms with Crippen molar-refractivity contribution in [1.82, 2.24) is 0 Å². The number of rotatable bonds is 14. The molecule has 0 amide bonds. The van der Waals surface area contributed by atoms with Crippen molar-refractivity contribution in [2.24, 2.45) is 5.92 Å². The zero-order valence-electron chi connectivity index (χ0n) is 19.0. The van der Waals surface area contributed by atoms with E-state index in [1.807, 2.05) is 12.1 Å². The molecule has 2 aromatic rings. The monoisotopic (exact) mass is 432 g/mol. The molecule has 0 aliphatic carbocycles. The fourth-order valence-corrected chi connectivity index (χ4v) is 3.17. The quantitative estimate of drug-likeness (QED) is 0.241. The summed E-state index contributed by atoms with van der Waals surface area (Å²) in [6, 6.07) is 16.8. The summed E-state index contributed by atoms with van der Waals surface area (Å²) >= 11 is 5.85. The molecular formula is C26H37ClO3. The highest BCUT2D eigenvalue weighted by atomic mass is 35.5. The van der Waals surface area contributed by atoms with Crippen LogP contribution in [0.4, 0.5) is 0 Å². The van der Waals surface area contributed by atoms with Crippen LogP contribution in [-0.4, -0.2) is 32.3 Å². The summed E-state index contributed by atoms with van der Waals surface area (Å²) in [7, 11) is 0.